The zero-order valence-corrected chi connectivity index (χ0v) is 42.5. The van der Waals surface area contributed by atoms with Crippen LogP contribution >= 0.6 is 11.3 Å². The monoisotopic (exact) mass is 912 g/mol. The molecule has 69 heavy (non-hydrogen) atoms. The summed E-state index contributed by atoms with van der Waals surface area (Å²) in [5.41, 5.74) is 24.3. The van der Waals surface area contributed by atoms with Crippen LogP contribution in [0.3, 0.4) is 0 Å². The van der Waals surface area contributed by atoms with Crippen LogP contribution in [-0.2, 0) is 21.7 Å². The highest BCUT2D eigenvalue weighted by molar-refractivity contribution is 7.26. The molecule has 4 aliphatic rings. The van der Waals surface area contributed by atoms with Gasteiger partial charge < -0.3 is 9.71 Å². The third-order valence-electron chi connectivity index (χ3n) is 17.3. The summed E-state index contributed by atoms with van der Waals surface area (Å²) in [6.07, 6.45) is 4.69. The molecule has 0 spiro atoms. The van der Waals surface area contributed by atoms with Gasteiger partial charge in [0.05, 0.1) is 10.4 Å². The van der Waals surface area contributed by atoms with E-state index in [0.717, 1.165) is 6.42 Å². The molecule has 0 radical (unpaired) electrons. The van der Waals surface area contributed by atoms with E-state index in [0.29, 0.717) is 0 Å². The van der Waals surface area contributed by atoms with Gasteiger partial charge in [-0.3, -0.25) is 0 Å². The Bertz CT molecular complexity index is 3580. The molecule has 4 heteroatoms. The molecule has 0 bridgehead atoms. The molecule has 3 heterocycles. The lowest BCUT2D eigenvalue weighted by atomic mass is 9.43. The lowest BCUT2D eigenvalue weighted by Crippen LogP contribution is -2.61. The number of hydrogen-bond donors (Lipinski definition) is 0. The van der Waals surface area contributed by atoms with Crippen LogP contribution in [0.25, 0.3) is 53.6 Å². The van der Waals surface area contributed by atoms with Crippen molar-refractivity contribution in [3.8, 4) is 33.4 Å². The fourth-order valence-corrected chi connectivity index (χ4v) is 14.2. The van der Waals surface area contributed by atoms with Crippen molar-refractivity contribution in [3.63, 3.8) is 0 Å². The average Bonchev–Trinajstić information content (AvgIpc) is 3.73. The first-order valence-corrected chi connectivity index (χ1v) is 26.2. The van der Waals surface area contributed by atoms with Crippen molar-refractivity contribution < 1.29 is 0 Å². The molecule has 8 aromatic carbocycles. The summed E-state index contributed by atoms with van der Waals surface area (Å²) in [7, 11) is 0. The van der Waals surface area contributed by atoms with Gasteiger partial charge in [-0.25, -0.2) is 0 Å². The quantitative estimate of drug-likeness (QED) is 0.162. The van der Waals surface area contributed by atoms with Gasteiger partial charge in [-0.2, -0.15) is 0 Å². The maximum Gasteiger partial charge on any atom is 0.333 e. The van der Waals surface area contributed by atoms with Crippen LogP contribution in [0.5, 0.6) is 0 Å². The van der Waals surface area contributed by atoms with Crippen molar-refractivity contribution >= 4 is 77.7 Å². The highest BCUT2D eigenvalue weighted by atomic mass is 32.1. The van der Waals surface area contributed by atoms with Gasteiger partial charge in [-0.15, -0.1) is 11.3 Å². The highest BCUT2D eigenvalue weighted by Gasteiger charge is 2.49. The van der Waals surface area contributed by atoms with Gasteiger partial charge in [0.2, 0.25) is 0 Å². The lowest BCUT2D eigenvalue weighted by molar-refractivity contribution is 0.332. The smallest absolute Gasteiger partial charge is 0.333 e. The van der Waals surface area contributed by atoms with E-state index in [1.807, 2.05) is 11.3 Å². The topological polar surface area (TPSA) is 6.48 Å². The van der Waals surface area contributed by atoms with Crippen molar-refractivity contribution in [1.82, 2.24) is 0 Å². The molecule has 0 saturated heterocycles. The number of hydrogen-bond acceptors (Lipinski definition) is 3. The molecule has 9 aromatic rings. The van der Waals surface area contributed by atoms with Gasteiger partial charge in [0.25, 0.3) is 0 Å². The van der Waals surface area contributed by atoms with Crippen LogP contribution in [0, 0.1) is 6.92 Å². The first kappa shape index (κ1) is 42.7. The minimum atomic E-state index is -0.0955. The third-order valence-corrected chi connectivity index (χ3v) is 18.5. The lowest BCUT2D eigenvalue weighted by Gasteiger charge is -2.49. The number of thiophene rings is 1. The largest absolute Gasteiger partial charge is 0.376 e. The molecule has 2 aliphatic carbocycles. The van der Waals surface area contributed by atoms with E-state index in [4.69, 9.17) is 0 Å². The van der Waals surface area contributed by atoms with Gasteiger partial charge in [0.1, 0.15) is 0 Å². The molecule has 0 fully saturated rings. The molecule has 0 unspecified atom stereocenters. The first-order valence-electron chi connectivity index (χ1n) is 25.4. The Kier molecular flexibility index (Phi) is 9.18. The van der Waals surface area contributed by atoms with Crippen molar-refractivity contribution in [1.29, 1.82) is 0 Å². The number of anilines is 5. The summed E-state index contributed by atoms with van der Waals surface area (Å²) >= 11 is 1.97. The predicted octanol–water partition coefficient (Wildman–Crippen LogP) is 17.1. The fraction of sp³-hybridized carbons (Fsp3) is 0.262. The van der Waals surface area contributed by atoms with Crippen LogP contribution in [0.1, 0.15) is 109 Å². The van der Waals surface area contributed by atoms with E-state index in [2.05, 4.69) is 230 Å². The first-order chi connectivity index (χ1) is 33.1. The van der Waals surface area contributed by atoms with Gasteiger partial charge in [0, 0.05) is 43.8 Å². The summed E-state index contributed by atoms with van der Waals surface area (Å²) in [4.78, 5) is 5.49. The Morgan fingerprint density at radius 3 is 1.61 bits per heavy atom. The Labute approximate surface area is 413 Å². The zero-order chi connectivity index (χ0) is 47.4. The van der Waals surface area contributed by atoms with Crippen LogP contribution in [0.2, 0.25) is 0 Å². The molecule has 2 nitrogen and oxygen atoms in total. The Morgan fingerprint density at radius 1 is 0.449 bits per heavy atom. The standard InChI is InChI=1S/C65H61BN2S/c1-40-34-50-52(64(6,7)32-30-62(50,2)3)38-55(40)67-57-35-44(42-20-14-11-15-21-42)26-29-54(57)66-59-48(36-49-46-22-16-17-23-58(46)69-61(49)60(59)67)47-37-51-53(65(8,9)33-31-63(51,4)5)39-56(47)68(66)45-27-24-43(25-28-45)41-18-12-10-13-19-41/h10-29,34-39H,30-33H2,1-9H3. The van der Waals surface area contributed by atoms with Crippen molar-refractivity contribution in [2.45, 2.75) is 110 Å². The van der Waals surface area contributed by atoms with Gasteiger partial charge >= 0.3 is 6.85 Å². The van der Waals surface area contributed by atoms with E-state index in [-0.39, 0.29) is 28.5 Å². The van der Waals surface area contributed by atoms with E-state index in [1.54, 1.807) is 0 Å². The number of fused-ring (bicyclic) bond motifs is 10. The van der Waals surface area contributed by atoms with Crippen LogP contribution < -0.4 is 20.6 Å². The van der Waals surface area contributed by atoms with E-state index in [1.165, 1.54) is 140 Å². The summed E-state index contributed by atoms with van der Waals surface area (Å²) in [5.74, 6) is 0. The Hall–Kier alpha value is -6.36. The molecular weight excluding hydrogens is 852 g/mol. The van der Waals surface area contributed by atoms with Crippen LogP contribution in [0.4, 0.5) is 28.4 Å². The second kappa shape index (κ2) is 14.8. The predicted molar refractivity (Wildman–Crippen MR) is 299 cm³/mol. The number of nitrogens with zero attached hydrogens (tertiary/aromatic N) is 2. The van der Waals surface area contributed by atoms with E-state index in [9.17, 15) is 0 Å². The molecule has 340 valence electrons. The van der Waals surface area contributed by atoms with E-state index >= 15 is 0 Å². The minimum absolute atomic E-state index is 0.0415. The van der Waals surface area contributed by atoms with Crippen molar-refractivity contribution in [2.75, 3.05) is 9.71 Å². The second-order valence-corrected chi connectivity index (χ2v) is 24.5. The normalized spacial score (nSPS) is 17.8. The number of benzene rings is 8. The highest BCUT2D eigenvalue weighted by Crippen LogP contribution is 2.57. The van der Waals surface area contributed by atoms with Gasteiger partial charge in [0.15, 0.2) is 0 Å². The molecule has 2 aliphatic heterocycles. The molecule has 1 aromatic heterocycles. The van der Waals surface area contributed by atoms with Crippen LogP contribution in [-0.4, -0.2) is 6.85 Å². The number of aryl methyl sites for hydroxylation is 1. The van der Waals surface area contributed by atoms with E-state index < -0.39 is 0 Å². The summed E-state index contributed by atoms with van der Waals surface area (Å²) in [6.45, 7) is 22.1. The van der Waals surface area contributed by atoms with Gasteiger partial charge in [-0.1, -0.05) is 165 Å². The second-order valence-electron chi connectivity index (χ2n) is 23.5. The molecule has 0 atom stereocenters. The number of rotatable bonds is 4. The van der Waals surface area contributed by atoms with Gasteiger partial charge in [-0.05, 0) is 169 Å². The minimum Gasteiger partial charge on any atom is -0.376 e. The molecule has 0 amide bonds. The zero-order valence-electron chi connectivity index (χ0n) is 41.7. The average molecular weight is 913 g/mol. The summed E-state index contributed by atoms with van der Waals surface area (Å²) < 4.78 is 2.69. The molecule has 0 N–H and O–H groups in total. The SMILES string of the molecule is Cc1cc2c(cc1N1c3cc(-c4ccccc4)ccc3B3c4c(cc5c(sc6ccccc65)c41)-c1cc4c(cc1N3c1ccc(-c3ccccc3)cc1)C(C)(C)CCC4(C)C)C(C)(C)CCC2(C)C. The molecule has 0 saturated carbocycles. The molecular formula is C65H61BN2S. The Balaban J connectivity index is 1.19. The maximum absolute atomic E-state index is 2.75. The molecule has 13 rings (SSSR count). The third kappa shape index (κ3) is 6.36. The van der Waals surface area contributed by atoms with Crippen LogP contribution in [0.15, 0.2) is 158 Å². The van der Waals surface area contributed by atoms with Crippen molar-refractivity contribution in [3.05, 3.63) is 186 Å². The summed E-state index contributed by atoms with van der Waals surface area (Å²) in [5, 5.41) is 2.68. The fourth-order valence-electron chi connectivity index (χ4n) is 13.0. The summed E-state index contributed by atoms with van der Waals surface area (Å²) in [6, 6.07) is 61.0. The maximum atomic E-state index is 2.75. The van der Waals surface area contributed by atoms with Crippen molar-refractivity contribution in [2.24, 2.45) is 0 Å². The Morgan fingerprint density at radius 2 is 0.971 bits per heavy atom.